The number of aliphatic hydroxyl groups excluding tert-OH is 1. The molecule has 0 aromatic heterocycles. The quantitative estimate of drug-likeness (QED) is 0.558. The van der Waals surface area contributed by atoms with Gasteiger partial charge in [0.15, 0.2) is 0 Å². The molecule has 0 aliphatic carbocycles. The van der Waals surface area contributed by atoms with Gasteiger partial charge in [0.25, 0.3) is 0 Å². The van der Waals surface area contributed by atoms with E-state index in [0.717, 1.165) is 12.8 Å². The predicted molar refractivity (Wildman–Crippen MR) is 45.4 cm³/mol. The molecule has 0 amide bonds. The van der Waals surface area contributed by atoms with Crippen LogP contribution in [-0.4, -0.2) is 30.5 Å². The van der Waals surface area contributed by atoms with Crippen molar-refractivity contribution in [3.63, 3.8) is 0 Å². The largest absolute Gasteiger partial charge is 0.396 e. The summed E-state index contributed by atoms with van der Waals surface area (Å²) < 4.78 is 5.44. The molecule has 68 valence electrons. The van der Waals surface area contributed by atoms with E-state index in [1.165, 1.54) is 0 Å². The summed E-state index contributed by atoms with van der Waals surface area (Å²) in [5, 5.41) is 8.47. The lowest BCUT2D eigenvalue weighted by Gasteiger charge is -2.22. The van der Waals surface area contributed by atoms with Crippen LogP contribution < -0.4 is 5.73 Å². The number of hydrogen-bond donors (Lipinski definition) is 2. The minimum Gasteiger partial charge on any atom is -0.396 e. The molecule has 3 N–H and O–H groups in total. The second-order valence-electron chi connectivity index (χ2n) is 3.24. The molecular weight excluding hydrogens is 142 g/mol. The molecule has 0 aliphatic rings. The van der Waals surface area contributed by atoms with Crippen molar-refractivity contribution in [3.8, 4) is 0 Å². The van der Waals surface area contributed by atoms with Gasteiger partial charge in [0, 0.05) is 19.8 Å². The third-order valence-corrected chi connectivity index (χ3v) is 1.54. The van der Waals surface area contributed by atoms with E-state index in [2.05, 4.69) is 0 Å². The van der Waals surface area contributed by atoms with Crippen LogP contribution >= 0.6 is 0 Å². The molecule has 3 nitrogen and oxygen atoms in total. The van der Waals surface area contributed by atoms with E-state index in [1.807, 2.05) is 13.8 Å². The standard InChI is InChI=1S/C8H19NO2/c1-8(2,7-9)11-6-4-3-5-10/h10H,3-7,9H2,1-2H3. The average molecular weight is 161 g/mol. The topological polar surface area (TPSA) is 55.5 Å². The molecule has 0 spiro atoms. The lowest BCUT2D eigenvalue weighted by Crippen LogP contribution is -2.34. The molecule has 0 unspecified atom stereocenters. The second kappa shape index (κ2) is 5.52. The maximum Gasteiger partial charge on any atom is 0.0748 e. The van der Waals surface area contributed by atoms with Crippen LogP contribution in [0.3, 0.4) is 0 Å². The first-order valence-electron chi connectivity index (χ1n) is 4.07. The summed E-state index contributed by atoms with van der Waals surface area (Å²) in [5.41, 5.74) is 5.23. The maximum absolute atomic E-state index is 8.47. The number of aliphatic hydroxyl groups is 1. The summed E-state index contributed by atoms with van der Waals surface area (Å²) in [4.78, 5) is 0. The first kappa shape index (κ1) is 10.9. The van der Waals surface area contributed by atoms with E-state index in [1.54, 1.807) is 0 Å². The Morgan fingerprint density at radius 1 is 1.36 bits per heavy atom. The minimum atomic E-state index is -0.213. The van der Waals surface area contributed by atoms with Crippen LogP contribution in [0.25, 0.3) is 0 Å². The predicted octanol–water partition coefficient (Wildman–Crippen LogP) is 0.513. The van der Waals surface area contributed by atoms with E-state index in [-0.39, 0.29) is 12.2 Å². The summed E-state index contributed by atoms with van der Waals surface area (Å²) in [5.74, 6) is 0. The van der Waals surface area contributed by atoms with Gasteiger partial charge in [0.2, 0.25) is 0 Å². The Balaban J connectivity index is 3.23. The Bertz CT molecular complexity index is 94.1. The van der Waals surface area contributed by atoms with Crippen molar-refractivity contribution in [3.05, 3.63) is 0 Å². The molecule has 0 saturated carbocycles. The lowest BCUT2D eigenvalue weighted by atomic mass is 10.1. The van der Waals surface area contributed by atoms with E-state index < -0.39 is 0 Å². The van der Waals surface area contributed by atoms with Crippen molar-refractivity contribution < 1.29 is 9.84 Å². The van der Waals surface area contributed by atoms with Crippen LogP contribution in [-0.2, 0) is 4.74 Å². The van der Waals surface area contributed by atoms with Crippen LogP contribution in [0, 0.1) is 0 Å². The highest BCUT2D eigenvalue weighted by Gasteiger charge is 2.14. The highest BCUT2D eigenvalue weighted by Crippen LogP contribution is 2.06. The molecule has 0 atom stereocenters. The highest BCUT2D eigenvalue weighted by atomic mass is 16.5. The maximum atomic E-state index is 8.47. The summed E-state index contributed by atoms with van der Waals surface area (Å²) in [6.07, 6.45) is 1.71. The van der Waals surface area contributed by atoms with Gasteiger partial charge in [0.1, 0.15) is 0 Å². The lowest BCUT2D eigenvalue weighted by molar-refractivity contribution is -0.0131. The molecule has 0 fully saturated rings. The Morgan fingerprint density at radius 3 is 2.45 bits per heavy atom. The van der Waals surface area contributed by atoms with E-state index in [0.29, 0.717) is 13.2 Å². The van der Waals surface area contributed by atoms with E-state index in [9.17, 15) is 0 Å². The highest BCUT2D eigenvalue weighted by molar-refractivity contribution is 4.68. The molecule has 0 saturated heterocycles. The molecule has 0 aromatic rings. The first-order chi connectivity index (χ1) is 5.12. The van der Waals surface area contributed by atoms with E-state index >= 15 is 0 Å². The van der Waals surface area contributed by atoms with Gasteiger partial charge in [-0.25, -0.2) is 0 Å². The van der Waals surface area contributed by atoms with Crippen LogP contribution in [0.1, 0.15) is 26.7 Å². The summed E-state index contributed by atoms with van der Waals surface area (Å²) >= 11 is 0. The SMILES string of the molecule is CC(C)(CN)OCCCCO. The number of ether oxygens (including phenoxy) is 1. The molecule has 0 heterocycles. The van der Waals surface area contributed by atoms with Gasteiger partial charge in [-0.15, -0.1) is 0 Å². The number of unbranched alkanes of at least 4 members (excludes halogenated alkanes) is 1. The van der Waals surface area contributed by atoms with Gasteiger partial charge in [-0.2, -0.15) is 0 Å². The Kier molecular flexibility index (Phi) is 5.46. The van der Waals surface area contributed by atoms with Gasteiger partial charge in [0.05, 0.1) is 5.60 Å². The minimum absolute atomic E-state index is 0.213. The number of rotatable bonds is 6. The third-order valence-electron chi connectivity index (χ3n) is 1.54. The van der Waals surface area contributed by atoms with Crippen LogP contribution in [0.4, 0.5) is 0 Å². The Labute approximate surface area is 68.5 Å². The molecule has 11 heavy (non-hydrogen) atoms. The van der Waals surface area contributed by atoms with Gasteiger partial charge < -0.3 is 15.6 Å². The molecule has 0 aliphatic heterocycles. The van der Waals surface area contributed by atoms with Crippen molar-refractivity contribution in [2.24, 2.45) is 5.73 Å². The summed E-state index contributed by atoms with van der Waals surface area (Å²) in [6.45, 7) is 5.39. The number of hydrogen-bond acceptors (Lipinski definition) is 3. The molecule has 3 heteroatoms. The molecule has 0 rings (SSSR count). The van der Waals surface area contributed by atoms with Crippen molar-refractivity contribution in [1.82, 2.24) is 0 Å². The number of nitrogens with two attached hydrogens (primary N) is 1. The average Bonchev–Trinajstić information content (AvgIpc) is 1.99. The first-order valence-corrected chi connectivity index (χ1v) is 4.07. The zero-order valence-electron chi connectivity index (χ0n) is 7.47. The van der Waals surface area contributed by atoms with Crippen molar-refractivity contribution in [2.75, 3.05) is 19.8 Å². The Hall–Kier alpha value is -0.120. The van der Waals surface area contributed by atoms with Crippen LogP contribution in [0.5, 0.6) is 0 Å². The smallest absolute Gasteiger partial charge is 0.0748 e. The van der Waals surface area contributed by atoms with Gasteiger partial charge in [-0.05, 0) is 26.7 Å². The summed E-state index contributed by atoms with van der Waals surface area (Å²) in [6, 6.07) is 0. The van der Waals surface area contributed by atoms with Crippen molar-refractivity contribution in [1.29, 1.82) is 0 Å². The fourth-order valence-electron chi connectivity index (χ4n) is 0.621. The van der Waals surface area contributed by atoms with Crippen LogP contribution in [0.2, 0.25) is 0 Å². The molecule has 0 bridgehead atoms. The Morgan fingerprint density at radius 2 is 2.00 bits per heavy atom. The molecule has 0 aromatic carbocycles. The monoisotopic (exact) mass is 161 g/mol. The van der Waals surface area contributed by atoms with Crippen LogP contribution in [0.15, 0.2) is 0 Å². The second-order valence-corrected chi connectivity index (χ2v) is 3.24. The fourth-order valence-corrected chi connectivity index (χ4v) is 0.621. The van der Waals surface area contributed by atoms with Gasteiger partial charge >= 0.3 is 0 Å². The van der Waals surface area contributed by atoms with Gasteiger partial charge in [-0.1, -0.05) is 0 Å². The zero-order chi connectivity index (χ0) is 8.74. The van der Waals surface area contributed by atoms with E-state index in [4.69, 9.17) is 15.6 Å². The fraction of sp³-hybridized carbons (Fsp3) is 1.00. The van der Waals surface area contributed by atoms with Crippen molar-refractivity contribution >= 4 is 0 Å². The molecule has 0 radical (unpaired) electrons. The van der Waals surface area contributed by atoms with Gasteiger partial charge in [-0.3, -0.25) is 0 Å². The normalized spacial score (nSPS) is 12.0. The zero-order valence-corrected chi connectivity index (χ0v) is 7.47. The summed E-state index contributed by atoms with van der Waals surface area (Å²) in [7, 11) is 0. The van der Waals surface area contributed by atoms with Crippen molar-refractivity contribution in [2.45, 2.75) is 32.3 Å². The molecular formula is C8H19NO2. The third kappa shape index (κ3) is 6.28.